The summed E-state index contributed by atoms with van der Waals surface area (Å²) in [7, 11) is 1.77. The summed E-state index contributed by atoms with van der Waals surface area (Å²) in [5, 5.41) is 3.91. The molecule has 1 amide bonds. The van der Waals surface area contributed by atoms with Gasteiger partial charge in [-0.05, 0) is 42.0 Å². The van der Waals surface area contributed by atoms with Gasteiger partial charge in [-0.15, -0.1) is 0 Å². The molecule has 1 aromatic heterocycles. The predicted octanol–water partition coefficient (Wildman–Crippen LogP) is 4.75. The molecule has 1 N–H and O–H groups in total. The zero-order valence-electron chi connectivity index (χ0n) is 13.8. The van der Waals surface area contributed by atoms with Crippen molar-refractivity contribution in [1.82, 2.24) is 9.88 Å². The Morgan fingerprint density at radius 3 is 2.32 bits per heavy atom. The molecule has 5 heteroatoms. The highest BCUT2D eigenvalue weighted by Gasteiger charge is 2.13. The van der Waals surface area contributed by atoms with Crippen LogP contribution in [-0.4, -0.2) is 22.8 Å². The lowest BCUT2D eigenvalue weighted by Crippen LogP contribution is -2.26. The van der Waals surface area contributed by atoms with Gasteiger partial charge in [-0.25, -0.2) is 4.98 Å². The van der Waals surface area contributed by atoms with Gasteiger partial charge in [-0.3, -0.25) is 4.79 Å². The molecule has 0 spiro atoms. The SMILES string of the molecule is CN(Cc1ccccc1)C(=O)c1ccc(Nc2ccc(Cl)cc2)cn1. The average molecular weight is 352 g/mol. The number of pyridine rings is 1. The van der Waals surface area contributed by atoms with E-state index in [2.05, 4.69) is 10.3 Å². The van der Waals surface area contributed by atoms with Crippen molar-refractivity contribution in [2.24, 2.45) is 0 Å². The second-order valence-corrected chi connectivity index (χ2v) is 6.15. The molecule has 0 atom stereocenters. The largest absolute Gasteiger partial charge is 0.354 e. The molecule has 1 heterocycles. The first-order valence-corrected chi connectivity index (χ1v) is 8.27. The molecule has 0 aliphatic rings. The van der Waals surface area contributed by atoms with Gasteiger partial charge in [0.15, 0.2) is 0 Å². The zero-order chi connectivity index (χ0) is 17.6. The summed E-state index contributed by atoms with van der Waals surface area (Å²) in [5.74, 6) is -0.109. The lowest BCUT2D eigenvalue weighted by Gasteiger charge is -2.17. The van der Waals surface area contributed by atoms with E-state index < -0.39 is 0 Å². The van der Waals surface area contributed by atoms with Crippen LogP contribution in [0, 0.1) is 0 Å². The number of anilines is 2. The number of rotatable bonds is 5. The van der Waals surface area contributed by atoms with Crippen LogP contribution >= 0.6 is 11.6 Å². The third-order valence-electron chi connectivity index (χ3n) is 3.72. The number of amides is 1. The Labute approximate surface area is 152 Å². The molecule has 0 saturated heterocycles. The summed E-state index contributed by atoms with van der Waals surface area (Å²) in [6, 6.07) is 20.8. The van der Waals surface area contributed by atoms with Crippen LogP contribution in [0.5, 0.6) is 0 Å². The Bertz CT molecular complexity index is 833. The average Bonchev–Trinajstić information content (AvgIpc) is 2.64. The number of hydrogen-bond donors (Lipinski definition) is 1. The molecule has 25 heavy (non-hydrogen) atoms. The Balaban J connectivity index is 1.64. The Hall–Kier alpha value is -2.85. The molecule has 0 unspecified atom stereocenters. The van der Waals surface area contributed by atoms with Gasteiger partial charge in [-0.1, -0.05) is 41.9 Å². The van der Waals surface area contributed by atoms with Crippen molar-refractivity contribution >= 4 is 28.9 Å². The molecule has 4 nitrogen and oxygen atoms in total. The summed E-state index contributed by atoms with van der Waals surface area (Å²) in [5.41, 5.74) is 3.22. The highest BCUT2D eigenvalue weighted by molar-refractivity contribution is 6.30. The van der Waals surface area contributed by atoms with Crippen molar-refractivity contribution in [2.45, 2.75) is 6.54 Å². The fourth-order valence-corrected chi connectivity index (χ4v) is 2.54. The number of halogens is 1. The van der Waals surface area contributed by atoms with Crippen molar-refractivity contribution in [3.8, 4) is 0 Å². The van der Waals surface area contributed by atoms with Crippen molar-refractivity contribution in [1.29, 1.82) is 0 Å². The summed E-state index contributed by atoms with van der Waals surface area (Å²) in [4.78, 5) is 18.4. The molecule has 0 aliphatic carbocycles. The van der Waals surface area contributed by atoms with Gasteiger partial charge >= 0.3 is 0 Å². The minimum absolute atomic E-state index is 0.109. The van der Waals surface area contributed by atoms with Crippen LogP contribution in [-0.2, 0) is 6.54 Å². The number of carbonyl (C=O) groups excluding carboxylic acids is 1. The Morgan fingerprint density at radius 1 is 1.00 bits per heavy atom. The quantitative estimate of drug-likeness (QED) is 0.721. The first kappa shape index (κ1) is 17.0. The molecule has 3 aromatic rings. The van der Waals surface area contributed by atoms with E-state index in [1.54, 1.807) is 24.2 Å². The van der Waals surface area contributed by atoms with Gasteiger partial charge in [-0.2, -0.15) is 0 Å². The van der Waals surface area contributed by atoms with Crippen molar-refractivity contribution in [3.05, 3.63) is 89.2 Å². The van der Waals surface area contributed by atoms with E-state index in [4.69, 9.17) is 11.6 Å². The summed E-state index contributed by atoms with van der Waals surface area (Å²) >= 11 is 5.88. The predicted molar refractivity (Wildman–Crippen MR) is 101 cm³/mol. The van der Waals surface area contributed by atoms with E-state index in [-0.39, 0.29) is 5.91 Å². The van der Waals surface area contributed by atoms with Gasteiger partial charge in [0.2, 0.25) is 0 Å². The normalized spacial score (nSPS) is 10.3. The van der Waals surface area contributed by atoms with Crippen LogP contribution in [0.25, 0.3) is 0 Å². The summed E-state index contributed by atoms with van der Waals surface area (Å²) in [6.07, 6.45) is 1.65. The topological polar surface area (TPSA) is 45.2 Å². The maximum absolute atomic E-state index is 12.5. The van der Waals surface area contributed by atoms with Crippen molar-refractivity contribution < 1.29 is 4.79 Å². The van der Waals surface area contributed by atoms with E-state index in [1.807, 2.05) is 60.7 Å². The fourth-order valence-electron chi connectivity index (χ4n) is 2.42. The third-order valence-corrected chi connectivity index (χ3v) is 3.98. The van der Waals surface area contributed by atoms with Crippen LogP contribution in [0.2, 0.25) is 5.02 Å². The van der Waals surface area contributed by atoms with E-state index in [1.165, 1.54) is 0 Å². The maximum atomic E-state index is 12.5. The van der Waals surface area contributed by atoms with Crippen LogP contribution in [0.15, 0.2) is 72.9 Å². The third kappa shape index (κ3) is 4.58. The van der Waals surface area contributed by atoms with Crippen LogP contribution in [0.1, 0.15) is 16.1 Å². The minimum atomic E-state index is -0.109. The monoisotopic (exact) mass is 351 g/mol. The van der Waals surface area contributed by atoms with E-state index in [9.17, 15) is 4.79 Å². The number of hydrogen-bond acceptors (Lipinski definition) is 3. The van der Waals surface area contributed by atoms with Gasteiger partial charge < -0.3 is 10.2 Å². The highest BCUT2D eigenvalue weighted by Crippen LogP contribution is 2.18. The zero-order valence-corrected chi connectivity index (χ0v) is 14.6. The van der Waals surface area contributed by atoms with E-state index in [0.717, 1.165) is 16.9 Å². The van der Waals surface area contributed by atoms with Gasteiger partial charge in [0.25, 0.3) is 5.91 Å². The maximum Gasteiger partial charge on any atom is 0.272 e. The Kier molecular flexibility index (Phi) is 5.31. The summed E-state index contributed by atoms with van der Waals surface area (Å²) < 4.78 is 0. The molecule has 0 fully saturated rings. The van der Waals surface area contributed by atoms with Gasteiger partial charge in [0, 0.05) is 24.3 Å². The van der Waals surface area contributed by atoms with Crippen molar-refractivity contribution in [2.75, 3.05) is 12.4 Å². The number of carbonyl (C=O) groups is 1. The van der Waals surface area contributed by atoms with Gasteiger partial charge in [0.1, 0.15) is 5.69 Å². The molecule has 0 saturated carbocycles. The van der Waals surface area contributed by atoms with Crippen LogP contribution in [0.4, 0.5) is 11.4 Å². The molecule has 0 aliphatic heterocycles. The minimum Gasteiger partial charge on any atom is -0.354 e. The van der Waals surface area contributed by atoms with Crippen LogP contribution in [0.3, 0.4) is 0 Å². The number of nitrogens with zero attached hydrogens (tertiary/aromatic N) is 2. The lowest BCUT2D eigenvalue weighted by molar-refractivity contribution is 0.0779. The smallest absolute Gasteiger partial charge is 0.272 e. The standard InChI is InChI=1S/C20H18ClN3O/c1-24(14-15-5-3-2-4-6-15)20(25)19-12-11-18(13-22-19)23-17-9-7-16(21)8-10-17/h2-13,23H,14H2,1H3. The van der Waals surface area contributed by atoms with E-state index >= 15 is 0 Å². The molecule has 0 bridgehead atoms. The molecule has 126 valence electrons. The molecular weight excluding hydrogens is 334 g/mol. The van der Waals surface area contributed by atoms with Crippen LogP contribution < -0.4 is 5.32 Å². The lowest BCUT2D eigenvalue weighted by atomic mass is 10.2. The second-order valence-electron chi connectivity index (χ2n) is 5.71. The van der Waals surface area contributed by atoms with E-state index in [0.29, 0.717) is 17.3 Å². The molecule has 0 radical (unpaired) electrons. The second kappa shape index (κ2) is 7.81. The number of benzene rings is 2. The number of aromatic nitrogens is 1. The first-order valence-electron chi connectivity index (χ1n) is 7.90. The summed E-state index contributed by atoms with van der Waals surface area (Å²) in [6.45, 7) is 0.548. The first-order chi connectivity index (χ1) is 12.1. The molecule has 2 aromatic carbocycles. The highest BCUT2D eigenvalue weighted by atomic mass is 35.5. The molecule has 3 rings (SSSR count). The van der Waals surface area contributed by atoms with Gasteiger partial charge in [0.05, 0.1) is 11.9 Å². The Morgan fingerprint density at radius 2 is 1.68 bits per heavy atom. The fraction of sp³-hybridized carbons (Fsp3) is 0.100. The number of nitrogens with one attached hydrogen (secondary N) is 1. The molecular formula is C20H18ClN3O. The van der Waals surface area contributed by atoms with Crippen molar-refractivity contribution in [3.63, 3.8) is 0 Å².